The number of furan rings is 1. The molecule has 2 aromatic rings. The Labute approximate surface area is 126 Å². The monoisotopic (exact) mass is 337 g/mol. The van der Waals surface area contributed by atoms with Crippen LogP contribution < -0.4 is 14.8 Å². The summed E-state index contributed by atoms with van der Waals surface area (Å²) in [5, 5.41) is 3.51. The molecule has 2 atom stereocenters. The molecule has 0 radical (unpaired) electrons. The summed E-state index contributed by atoms with van der Waals surface area (Å²) in [6.07, 6.45) is 0. The molecule has 106 valence electrons. The number of hydrogen-bond donors (Lipinski definition) is 1. The van der Waals surface area contributed by atoms with Gasteiger partial charge >= 0.3 is 0 Å². The molecule has 0 spiro atoms. The van der Waals surface area contributed by atoms with E-state index in [1.54, 1.807) is 0 Å². The molecule has 0 amide bonds. The van der Waals surface area contributed by atoms with Crippen molar-refractivity contribution in [2.24, 2.45) is 0 Å². The average Bonchev–Trinajstić information content (AvgIpc) is 3.05. The minimum atomic E-state index is 0.127. The van der Waals surface area contributed by atoms with Crippen molar-refractivity contribution in [3.05, 3.63) is 46.3 Å². The number of benzene rings is 1. The van der Waals surface area contributed by atoms with Gasteiger partial charge in [-0.1, -0.05) is 6.07 Å². The Morgan fingerprint density at radius 1 is 1.05 bits per heavy atom. The lowest BCUT2D eigenvalue weighted by Gasteiger charge is -2.19. The first kappa shape index (κ1) is 13.5. The highest BCUT2D eigenvalue weighted by Crippen LogP contribution is 2.34. The minimum Gasteiger partial charge on any atom is -0.454 e. The van der Waals surface area contributed by atoms with Gasteiger partial charge in [0, 0.05) is 6.04 Å². The number of fused-ring (bicyclic) bond motifs is 1. The number of nitrogens with one attached hydrogen (secondary N) is 1. The lowest BCUT2D eigenvalue weighted by molar-refractivity contribution is 0.174. The molecule has 1 N–H and O–H groups in total. The average molecular weight is 338 g/mol. The van der Waals surface area contributed by atoms with Crippen LogP contribution in [0.25, 0.3) is 0 Å². The Kier molecular flexibility index (Phi) is 3.72. The van der Waals surface area contributed by atoms with Gasteiger partial charge in [0.1, 0.15) is 5.76 Å². The summed E-state index contributed by atoms with van der Waals surface area (Å²) in [4.78, 5) is 0. The second-order valence-corrected chi connectivity index (χ2v) is 5.65. The summed E-state index contributed by atoms with van der Waals surface area (Å²) in [6.45, 7) is 4.50. The van der Waals surface area contributed by atoms with E-state index in [1.165, 1.54) is 0 Å². The van der Waals surface area contributed by atoms with Crippen molar-refractivity contribution in [1.29, 1.82) is 0 Å². The molecular weight excluding hydrogens is 322 g/mol. The second-order valence-electron chi connectivity index (χ2n) is 4.86. The van der Waals surface area contributed by atoms with Crippen molar-refractivity contribution in [2.45, 2.75) is 25.9 Å². The fourth-order valence-corrected chi connectivity index (χ4v) is 2.62. The summed E-state index contributed by atoms with van der Waals surface area (Å²) in [5.41, 5.74) is 1.16. The summed E-state index contributed by atoms with van der Waals surface area (Å²) in [6, 6.07) is 10.2. The lowest BCUT2D eigenvalue weighted by atomic mass is 10.1. The first-order chi connectivity index (χ1) is 9.63. The predicted octanol–water partition coefficient (Wildman–Crippen LogP) is 4.18. The highest BCUT2D eigenvalue weighted by Gasteiger charge is 2.18. The Hall–Kier alpha value is -1.46. The van der Waals surface area contributed by atoms with Gasteiger partial charge in [-0.25, -0.2) is 0 Å². The van der Waals surface area contributed by atoms with Crippen molar-refractivity contribution >= 4 is 15.9 Å². The standard InChI is InChI=1S/C15H16BrNO3/c1-9(17-10(2)12-5-6-15(16)20-12)11-3-4-13-14(7-11)19-8-18-13/h3-7,9-10,17H,8H2,1-2H3. The fraction of sp³-hybridized carbons (Fsp3) is 0.333. The van der Waals surface area contributed by atoms with E-state index in [4.69, 9.17) is 13.9 Å². The maximum Gasteiger partial charge on any atom is 0.231 e. The normalized spacial score (nSPS) is 16.1. The van der Waals surface area contributed by atoms with Crippen molar-refractivity contribution in [3.63, 3.8) is 0 Å². The first-order valence-electron chi connectivity index (χ1n) is 6.54. The van der Waals surface area contributed by atoms with Gasteiger partial charge < -0.3 is 19.2 Å². The molecule has 4 nitrogen and oxygen atoms in total. The van der Waals surface area contributed by atoms with Gasteiger partial charge in [-0.05, 0) is 59.6 Å². The molecule has 2 heterocycles. The van der Waals surface area contributed by atoms with Gasteiger partial charge in [0.15, 0.2) is 16.2 Å². The van der Waals surface area contributed by atoms with Crippen LogP contribution in [0, 0.1) is 0 Å². The van der Waals surface area contributed by atoms with Crippen LogP contribution in [0.5, 0.6) is 11.5 Å². The van der Waals surface area contributed by atoms with E-state index in [0.29, 0.717) is 6.79 Å². The molecule has 0 bridgehead atoms. The molecule has 1 aromatic carbocycles. The molecule has 1 aliphatic rings. The molecular formula is C15H16BrNO3. The molecule has 5 heteroatoms. The van der Waals surface area contributed by atoms with E-state index in [9.17, 15) is 0 Å². The zero-order chi connectivity index (χ0) is 14.1. The molecule has 20 heavy (non-hydrogen) atoms. The van der Waals surface area contributed by atoms with Crippen LogP contribution >= 0.6 is 15.9 Å². The van der Waals surface area contributed by atoms with E-state index < -0.39 is 0 Å². The van der Waals surface area contributed by atoms with Crippen LogP contribution in [-0.4, -0.2) is 6.79 Å². The van der Waals surface area contributed by atoms with Gasteiger partial charge in [0.2, 0.25) is 6.79 Å². The summed E-state index contributed by atoms with van der Waals surface area (Å²) in [7, 11) is 0. The summed E-state index contributed by atoms with van der Waals surface area (Å²) >= 11 is 3.32. The number of rotatable bonds is 4. The lowest BCUT2D eigenvalue weighted by Crippen LogP contribution is -2.22. The predicted molar refractivity (Wildman–Crippen MR) is 78.9 cm³/mol. The number of halogens is 1. The molecule has 0 saturated heterocycles. The van der Waals surface area contributed by atoms with Crippen LogP contribution in [0.15, 0.2) is 39.4 Å². The molecule has 1 aromatic heterocycles. The largest absolute Gasteiger partial charge is 0.454 e. The Morgan fingerprint density at radius 2 is 1.85 bits per heavy atom. The molecule has 0 saturated carbocycles. The van der Waals surface area contributed by atoms with Gasteiger partial charge in [-0.2, -0.15) is 0 Å². The number of ether oxygens (including phenoxy) is 2. The van der Waals surface area contributed by atoms with Crippen molar-refractivity contribution < 1.29 is 13.9 Å². The SMILES string of the molecule is CC(NC(C)c1ccc(Br)o1)c1ccc2c(c1)OCO2. The number of hydrogen-bond acceptors (Lipinski definition) is 4. The van der Waals surface area contributed by atoms with Gasteiger partial charge in [0.05, 0.1) is 6.04 Å². The third-order valence-corrected chi connectivity index (χ3v) is 3.84. The van der Waals surface area contributed by atoms with E-state index in [0.717, 1.165) is 27.5 Å². The first-order valence-corrected chi connectivity index (χ1v) is 7.33. The topological polar surface area (TPSA) is 43.6 Å². The van der Waals surface area contributed by atoms with Crippen LogP contribution in [-0.2, 0) is 0 Å². The molecule has 0 fully saturated rings. The van der Waals surface area contributed by atoms with Crippen molar-refractivity contribution in [2.75, 3.05) is 6.79 Å². The maximum atomic E-state index is 5.57. The molecule has 2 unspecified atom stereocenters. The van der Waals surface area contributed by atoms with E-state index in [2.05, 4.69) is 41.2 Å². The third kappa shape index (κ3) is 2.69. The Bertz CT molecular complexity index is 611. The van der Waals surface area contributed by atoms with Gasteiger partial charge in [-0.3, -0.25) is 0 Å². The quantitative estimate of drug-likeness (QED) is 0.908. The molecule has 0 aliphatic carbocycles. The summed E-state index contributed by atoms with van der Waals surface area (Å²) < 4.78 is 17.0. The Morgan fingerprint density at radius 3 is 2.60 bits per heavy atom. The van der Waals surface area contributed by atoms with Crippen LogP contribution in [0.1, 0.15) is 37.3 Å². The van der Waals surface area contributed by atoms with E-state index in [1.807, 2.05) is 24.3 Å². The van der Waals surface area contributed by atoms with E-state index in [-0.39, 0.29) is 12.1 Å². The van der Waals surface area contributed by atoms with Gasteiger partial charge in [0.25, 0.3) is 0 Å². The fourth-order valence-electron chi connectivity index (χ4n) is 2.30. The third-order valence-electron chi connectivity index (χ3n) is 3.42. The molecule has 3 rings (SSSR count). The smallest absolute Gasteiger partial charge is 0.231 e. The minimum absolute atomic E-state index is 0.127. The Balaban J connectivity index is 1.71. The van der Waals surface area contributed by atoms with E-state index >= 15 is 0 Å². The maximum absolute atomic E-state index is 5.57. The highest BCUT2D eigenvalue weighted by atomic mass is 79.9. The van der Waals surface area contributed by atoms with Crippen LogP contribution in [0.2, 0.25) is 0 Å². The zero-order valence-corrected chi connectivity index (χ0v) is 12.9. The second kappa shape index (κ2) is 5.50. The highest BCUT2D eigenvalue weighted by molar-refractivity contribution is 9.10. The zero-order valence-electron chi connectivity index (χ0n) is 11.4. The van der Waals surface area contributed by atoms with Crippen LogP contribution in [0.4, 0.5) is 0 Å². The van der Waals surface area contributed by atoms with Crippen molar-refractivity contribution in [3.8, 4) is 11.5 Å². The van der Waals surface area contributed by atoms with Gasteiger partial charge in [-0.15, -0.1) is 0 Å². The van der Waals surface area contributed by atoms with Crippen molar-refractivity contribution in [1.82, 2.24) is 5.32 Å². The summed E-state index contributed by atoms with van der Waals surface area (Å²) in [5.74, 6) is 2.53. The van der Waals surface area contributed by atoms with Crippen LogP contribution in [0.3, 0.4) is 0 Å². The molecule has 1 aliphatic heterocycles.